The van der Waals surface area contributed by atoms with Crippen molar-refractivity contribution in [2.45, 2.75) is 6.92 Å². The molecule has 0 aliphatic rings. The summed E-state index contributed by atoms with van der Waals surface area (Å²) in [6, 6.07) is 7.88. The summed E-state index contributed by atoms with van der Waals surface area (Å²) >= 11 is 6.52. The number of carbonyl (C=O) groups excluding carboxylic acids is 1. The molecule has 2 aromatic heterocycles. The van der Waals surface area contributed by atoms with E-state index in [1.165, 1.54) is 11.3 Å². The molecule has 1 aromatic carbocycles. The molecule has 0 aliphatic carbocycles. The minimum Gasteiger partial charge on any atom is -0.311 e. The summed E-state index contributed by atoms with van der Waals surface area (Å²) in [7, 11) is 1.79. The lowest BCUT2D eigenvalue weighted by Crippen LogP contribution is -2.25. The van der Waals surface area contributed by atoms with Crippen LogP contribution in [0.4, 0.5) is 5.69 Å². The van der Waals surface area contributed by atoms with Crippen molar-refractivity contribution in [1.82, 2.24) is 4.98 Å². The molecule has 112 valence electrons. The number of nitrogens with zero attached hydrogens (tertiary/aromatic N) is 2. The molecule has 1 amide bonds. The Hall–Kier alpha value is -1.50. The zero-order valence-electron chi connectivity index (χ0n) is 12.0. The fourth-order valence-corrected chi connectivity index (χ4v) is 3.86. The van der Waals surface area contributed by atoms with E-state index in [0.717, 1.165) is 26.3 Å². The van der Waals surface area contributed by atoms with Gasteiger partial charge in [0.25, 0.3) is 5.91 Å². The highest BCUT2D eigenvalue weighted by Gasteiger charge is 2.17. The lowest BCUT2D eigenvalue weighted by molar-refractivity contribution is 0.0996. The number of aromatic nitrogens is 1. The quantitative estimate of drug-likeness (QED) is 0.611. The summed E-state index contributed by atoms with van der Waals surface area (Å²) in [5.41, 5.74) is 3.03. The minimum atomic E-state index is -0.0410. The molecule has 0 spiro atoms. The van der Waals surface area contributed by atoms with Crippen LogP contribution in [0.5, 0.6) is 0 Å². The van der Waals surface area contributed by atoms with Crippen LogP contribution >= 0.6 is 38.6 Å². The molecule has 6 heteroatoms. The Morgan fingerprint density at radius 1 is 1.32 bits per heavy atom. The zero-order valence-corrected chi connectivity index (χ0v) is 15.3. The summed E-state index contributed by atoms with van der Waals surface area (Å²) < 4.78 is 1.04. The summed E-state index contributed by atoms with van der Waals surface area (Å²) in [5, 5.41) is 4.93. The maximum atomic E-state index is 12.6. The van der Waals surface area contributed by atoms with Crippen LogP contribution in [0.15, 0.2) is 45.7 Å². The van der Waals surface area contributed by atoms with Gasteiger partial charge in [0.05, 0.1) is 6.20 Å². The number of halogens is 1. The van der Waals surface area contributed by atoms with Gasteiger partial charge in [-0.25, -0.2) is 4.98 Å². The van der Waals surface area contributed by atoms with Crippen LogP contribution in [-0.4, -0.2) is 17.9 Å². The van der Waals surface area contributed by atoms with E-state index in [4.69, 9.17) is 0 Å². The topological polar surface area (TPSA) is 33.2 Å². The maximum absolute atomic E-state index is 12.6. The molecule has 0 unspecified atom stereocenters. The number of hydrogen-bond acceptors (Lipinski definition) is 4. The van der Waals surface area contributed by atoms with Gasteiger partial charge in [-0.15, -0.1) is 11.3 Å². The molecular weight excluding hydrogens is 380 g/mol. The van der Waals surface area contributed by atoms with Crippen LogP contribution in [0.2, 0.25) is 0 Å². The predicted molar refractivity (Wildman–Crippen MR) is 97.0 cm³/mol. The van der Waals surface area contributed by atoms with Gasteiger partial charge in [-0.3, -0.25) is 4.79 Å². The molecule has 0 atom stereocenters. The number of anilines is 1. The van der Waals surface area contributed by atoms with Crippen molar-refractivity contribution in [2.24, 2.45) is 0 Å². The molecule has 2 heterocycles. The van der Waals surface area contributed by atoms with Gasteiger partial charge >= 0.3 is 0 Å². The van der Waals surface area contributed by atoms with Gasteiger partial charge in [-0.1, -0.05) is 15.9 Å². The molecule has 0 fully saturated rings. The molecule has 0 aliphatic heterocycles. The Morgan fingerprint density at radius 3 is 2.82 bits per heavy atom. The Bertz CT molecular complexity index is 811. The fraction of sp³-hybridized carbons (Fsp3) is 0.125. The number of rotatable bonds is 3. The Balaban J connectivity index is 1.85. The van der Waals surface area contributed by atoms with E-state index in [-0.39, 0.29) is 5.91 Å². The maximum Gasteiger partial charge on any atom is 0.269 e. The number of carbonyl (C=O) groups is 1. The largest absolute Gasteiger partial charge is 0.311 e. The van der Waals surface area contributed by atoms with Crippen LogP contribution in [0, 0.1) is 6.92 Å². The molecule has 22 heavy (non-hydrogen) atoms. The van der Waals surface area contributed by atoms with Crippen molar-refractivity contribution in [1.29, 1.82) is 0 Å². The van der Waals surface area contributed by atoms with Crippen molar-refractivity contribution in [2.75, 3.05) is 11.9 Å². The van der Waals surface area contributed by atoms with Gasteiger partial charge in [0.1, 0.15) is 9.88 Å². The minimum absolute atomic E-state index is 0.0410. The molecule has 0 saturated heterocycles. The van der Waals surface area contributed by atoms with Gasteiger partial charge in [-0.05, 0) is 42.1 Å². The van der Waals surface area contributed by atoms with E-state index < -0.39 is 0 Å². The van der Waals surface area contributed by atoms with Crippen molar-refractivity contribution in [3.63, 3.8) is 0 Å². The second-order valence-corrected chi connectivity index (χ2v) is 7.50. The average molecular weight is 393 g/mol. The molecule has 3 nitrogen and oxygen atoms in total. The van der Waals surface area contributed by atoms with Gasteiger partial charge < -0.3 is 4.90 Å². The summed E-state index contributed by atoms with van der Waals surface area (Å²) in [6.07, 6.45) is 1.65. The van der Waals surface area contributed by atoms with E-state index in [0.29, 0.717) is 4.88 Å². The summed E-state index contributed by atoms with van der Waals surface area (Å²) in [4.78, 5) is 19.3. The highest BCUT2D eigenvalue weighted by Crippen LogP contribution is 2.29. The Morgan fingerprint density at radius 2 is 2.14 bits per heavy atom. The third-order valence-electron chi connectivity index (χ3n) is 3.32. The lowest BCUT2D eigenvalue weighted by Gasteiger charge is -2.17. The smallest absolute Gasteiger partial charge is 0.269 e. The third-order valence-corrected chi connectivity index (χ3v) is 5.93. The molecule has 0 N–H and O–H groups in total. The van der Waals surface area contributed by atoms with Crippen molar-refractivity contribution < 1.29 is 4.79 Å². The highest BCUT2D eigenvalue weighted by atomic mass is 79.9. The Kier molecular flexibility index (Phi) is 4.42. The second kappa shape index (κ2) is 6.32. The second-order valence-electron chi connectivity index (χ2n) is 4.84. The van der Waals surface area contributed by atoms with Gasteiger partial charge in [0.15, 0.2) is 0 Å². The molecular formula is C16H13BrN2OS2. The fourth-order valence-electron chi connectivity index (χ4n) is 2.01. The molecule has 0 saturated carbocycles. The third kappa shape index (κ3) is 2.99. The monoisotopic (exact) mass is 392 g/mol. The number of thiophene rings is 1. The van der Waals surface area contributed by atoms with Crippen molar-refractivity contribution >= 4 is 50.2 Å². The predicted octanol–water partition coefficient (Wildman–Crippen LogP) is 5.22. The SMILES string of the molecule is Cc1cc(N(C)C(=O)c2cnc(-c3ccsc3)s2)ccc1Br. The lowest BCUT2D eigenvalue weighted by atomic mass is 10.2. The first-order valence-corrected chi connectivity index (χ1v) is 9.14. The number of hydrogen-bond donors (Lipinski definition) is 0. The van der Waals surface area contributed by atoms with Gasteiger partial charge in [0, 0.05) is 28.2 Å². The number of amides is 1. The molecule has 3 rings (SSSR count). The first kappa shape index (κ1) is 15.4. The summed E-state index contributed by atoms with van der Waals surface area (Å²) in [5.74, 6) is -0.0410. The van der Waals surface area contributed by atoms with Gasteiger partial charge in [-0.2, -0.15) is 11.3 Å². The van der Waals surface area contributed by atoms with Crippen LogP contribution in [0.3, 0.4) is 0 Å². The summed E-state index contributed by atoms with van der Waals surface area (Å²) in [6.45, 7) is 2.01. The van der Waals surface area contributed by atoms with Crippen LogP contribution in [0.25, 0.3) is 10.6 Å². The van der Waals surface area contributed by atoms with Crippen LogP contribution in [0.1, 0.15) is 15.2 Å². The molecule has 0 radical (unpaired) electrons. The molecule has 0 bridgehead atoms. The van der Waals surface area contributed by atoms with Crippen molar-refractivity contribution in [3.05, 3.63) is 56.1 Å². The molecule has 3 aromatic rings. The number of benzene rings is 1. The van der Waals surface area contributed by atoms with E-state index in [2.05, 4.69) is 20.9 Å². The van der Waals surface area contributed by atoms with Crippen LogP contribution in [-0.2, 0) is 0 Å². The Labute approximate surface area is 145 Å². The van der Waals surface area contributed by atoms with E-state index in [1.54, 1.807) is 29.5 Å². The normalized spacial score (nSPS) is 10.7. The zero-order chi connectivity index (χ0) is 15.7. The van der Waals surface area contributed by atoms with E-state index in [1.807, 2.05) is 41.9 Å². The standard InChI is InChI=1S/C16H13BrN2OS2/c1-10-7-12(3-4-13(10)17)19(2)16(20)14-8-18-15(22-14)11-5-6-21-9-11/h3-9H,1-2H3. The highest BCUT2D eigenvalue weighted by molar-refractivity contribution is 9.10. The first-order valence-electron chi connectivity index (χ1n) is 6.59. The van der Waals surface area contributed by atoms with Crippen LogP contribution < -0.4 is 4.90 Å². The number of aryl methyl sites for hydroxylation is 1. The number of thiazole rings is 1. The first-order chi connectivity index (χ1) is 10.6. The van der Waals surface area contributed by atoms with Gasteiger partial charge in [0.2, 0.25) is 0 Å². The van der Waals surface area contributed by atoms with E-state index in [9.17, 15) is 4.79 Å². The average Bonchev–Trinajstić information content (AvgIpc) is 3.19. The van der Waals surface area contributed by atoms with E-state index >= 15 is 0 Å². The van der Waals surface area contributed by atoms with Crippen molar-refractivity contribution in [3.8, 4) is 10.6 Å².